The number of hydrogen-bond donors (Lipinski definition) is 3. The van der Waals surface area contributed by atoms with Crippen LogP contribution in [0.4, 0.5) is 22.7 Å². The Hall–Kier alpha value is -2.31. The molecule has 0 aliphatic heterocycles. The molecule has 2 aromatic rings. The second-order valence-corrected chi connectivity index (χ2v) is 7.31. The van der Waals surface area contributed by atoms with E-state index in [1.807, 2.05) is 42.5 Å². The molecule has 0 fully saturated rings. The van der Waals surface area contributed by atoms with Gasteiger partial charge in [0.05, 0.1) is 10.7 Å². The molecule has 0 aromatic heterocycles. The molecule has 0 saturated carbocycles. The maximum Gasteiger partial charge on any atom is 0.221 e. The van der Waals surface area contributed by atoms with E-state index in [4.69, 9.17) is 23.8 Å². The lowest BCUT2D eigenvalue weighted by atomic mass is 10.2. The minimum Gasteiger partial charge on any atom is -0.370 e. The average molecular weight is 419 g/mol. The van der Waals surface area contributed by atoms with Gasteiger partial charge in [-0.1, -0.05) is 25.4 Å². The van der Waals surface area contributed by atoms with E-state index < -0.39 is 0 Å². The molecular formula is C21H27ClN4OS. The predicted molar refractivity (Wildman–Crippen MR) is 125 cm³/mol. The molecule has 0 heterocycles. The van der Waals surface area contributed by atoms with E-state index in [2.05, 4.69) is 34.7 Å². The number of anilines is 4. The molecule has 0 aliphatic rings. The molecule has 0 spiro atoms. The van der Waals surface area contributed by atoms with Crippen LogP contribution in [0.5, 0.6) is 0 Å². The number of rotatable bonds is 8. The summed E-state index contributed by atoms with van der Waals surface area (Å²) in [5.74, 6) is -0.102. The molecule has 0 bridgehead atoms. The lowest BCUT2D eigenvalue weighted by Crippen LogP contribution is -2.25. The van der Waals surface area contributed by atoms with Crippen molar-refractivity contribution in [2.75, 3.05) is 33.9 Å². The highest BCUT2D eigenvalue weighted by atomic mass is 35.5. The minimum atomic E-state index is -0.102. The van der Waals surface area contributed by atoms with Crippen LogP contribution in [0.15, 0.2) is 42.5 Å². The first kappa shape index (κ1) is 22.0. The van der Waals surface area contributed by atoms with Gasteiger partial charge in [-0.05, 0) is 67.5 Å². The molecule has 28 heavy (non-hydrogen) atoms. The zero-order chi connectivity index (χ0) is 20.5. The zero-order valence-corrected chi connectivity index (χ0v) is 18.1. The van der Waals surface area contributed by atoms with Crippen LogP contribution in [0.25, 0.3) is 0 Å². The fraction of sp³-hybridized carbons (Fsp3) is 0.333. The number of halogens is 1. The highest BCUT2D eigenvalue weighted by Gasteiger charge is 2.10. The fourth-order valence-corrected chi connectivity index (χ4v) is 3.40. The fourth-order valence-electron chi connectivity index (χ4n) is 2.87. The highest BCUT2D eigenvalue weighted by Crippen LogP contribution is 2.29. The molecule has 150 valence electrons. The van der Waals surface area contributed by atoms with E-state index in [-0.39, 0.29) is 5.91 Å². The highest BCUT2D eigenvalue weighted by molar-refractivity contribution is 7.80. The standard InChI is InChI=1S/C21H27ClN4OS/c1-4-12-26(13-5-2)20-11-10-18(14-19(20)22)25-21(28)24-17-8-6-16(7-9-17)23-15(3)27/h6-11,14H,4-5,12-13H2,1-3H3,(H,23,27)(H2,24,25,28). The van der Waals surface area contributed by atoms with Gasteiger partial charge in [0.25, 0.3) is 0 Å². The van der Waals surface area contributed by atoms with Gasteiger partial charge in [-0.2, -0.15) is 0 Å². The molecule has 0 atom stereocenters. The molecule has 7 heteroatoms. The summed E-state index contributed by atoms with van der Waals surface area (Å²) in [7, 11) is 0. The second kappa shape index (κ2) is 10.9. The van der Waals surface area contributed by atoms with Crippen molar-refractivity contribution in [1.82, 2.24) is 0 Å². The van der Waals surface area contributed by atoms with E-state index >= 15 is 0 Å². The van der Waals surface area contributed by atoms with Gasteiger partial charge in [0.1, 0.15) is 0 Å². The largest absolute Gasteiger partial charge is 0.370 e. The summed E-state index contributed by atoms with van der Waals surface area (Å²) >= 11 is 11.9. The van der Waals surface area contributed by atoms with Gasteiger partial charge >= 0.3 is 0 Å². The number of carbonyl (C=O) groups excluding carboxylic acids is 1. The van der Waals surface area contributed by atoms with Crippen LogP contribution in [-0.2, 0) is 4.79 Å². The van der Waals surface area contributed by atoms with Gasteiger partial charge in [-0.15, -0.1) is 0 Å². The van der Waals surface area contributed by atoms with Crippen LogP contribution >= 0.6 is 23.8 Å². The van der Waals surface area contributed by atoms with Gasteiger partial charge in [0.2, 0.25) is 5.91 Å². The Kier molecular flexibility index (Phi) is 8.54. The van der Waals surface area contributed by atoms with E-state index in [9.17, 15) is 4.79 Å². The Morgan fingerprint density at radius 3 is 1.93 bits per heavy atom. The van der Waals surface area contributed by atoms with Crippen molar-refractivity contribution in [3.63, 3.8) is 0 Å². The van der Waals surface area contributed by atoms with E-state index in [1.165, 1.54) is 6.92 Å². The summed E-state index contributed by atoms with van der Waals surface area (Å²) in [6, 6.07) is 13.2. The van der Waals surface area contributed by atoms with Gasteiger partial charge in [-0.3, -0.25) is 4.79 Å². The SMILES string of the molecule is CCCN(CCC)c1ccc(NC(=S)Nc2ccc(NC(C)=O)cc2)cc1Cl. The van der Waals surface area contributed by atoms with Crippen molar-refractivity contribution in [2.24, 2.45) is 0 Å². The minimum absolute atomic E-state index is 0.102. The second-order valence-electron chi connectivity index (χ2n) is 6.49. The Morgan fingerprint density at radius 1 is 0.929 bits per heavy atom. The maximum absolute atomic E-state index is 11.1. The third-order valence-electron chi connectivity index (χ3n) is 4.00. The van der Waals surface area contributed by atoms with Crippen molar-refractivity contribution in [2.45, 2.75) is 33.6 Å². The number of hydrogen-bond acceptors (Lipinski definition) is 3. The lowest BCUT2D eigenvalue weighted by Gasteiger charge is -2.25. The average Bonchev–Trinajstić information content (AvgIpc) is 2.63. The smallest absolute Gasteiger partial charge is 0.221 e. The summed E-state index contributed by atoms with van der Waals surface area (Å²) in [5, 5.41) is 10.2. The van der Waals surface area contributed by atoms with Crippen LogP contribution < -0.4 is 20.9 Å². The Morgan fingerprint density at radius 2 is 1.43 bits per heavy atom. The van der Waals surface area contributed by atoms with Crippen LogP contribution in [0.2, 0.25) is 5.02 Å². The van der Waals surface area contributed by atoms with Crippen LogP contribution in [-0.4, -0.2) is 24.1 Å². The first-order chi connectivity index (χ1) is 13.4. The molecule has 0 saturated heterocycles. The van der Waals surface area contributed by atoms with E-state index in [1.54, 1.807) is 0 Å². The quantitative estimate of drug-likeness (QED) is 0.477. The van der Waals surface area contributed by atoms with Crippen molar-refractivity contribution < 1.29 is 4.79 Å². The molecule has 1 amide bonds. The number of amides is 1. The summed E-state index contributed by atoms with van der Waals surface area (Å²) in [4.78, 5) is 13.4. The third-order valence-corrected chi connectivity index (χ3v) is 4.50. The Labute approximate surface area is 177 Å². The van der Waals surface area contributed by atoms with Crippen molar-refractivity contribution in [1.29, 1.82) is 0 Å². The first-order valence-corrected chi connectivity index (χ1v) is 10.2. The Balaban J connectivity index is 2.00. The van der Waals surface area contributed by atoms with Gasteiger partial charge in [0.15, 0.2) is 5.11 Å². The van der Waals surface area contributed by atoms with E-state index in [0.29, 0.717) is 10.1 Å². The predicted octanol–water partition coefficient (Wildman–Crippen LogP) is 5.73. The molecule has 0 radical (unpaired) electrons. The molecule has 2 rings (SSSR count). The number of nitrogens with one attached hydrogen (secondary N) is 3. The van der Waals surface area contributed by atoms with Crippen LogP contribution in [0, 0.1) is 0 Å². The summed E-state index contributed by atoms with van der Waals surface area (Å²) in [6.45, 7) is 7.77. The van der Waals surface area contributed by atoms with Crippen molar-refractivity contribution >= 4 is 57.6 Å². The number of carbonyl (C=O) groups is 1. The summed E-state index contributed by atoms with van der Waals surface area (Å²) in [6.07, 6.45) is 2.15. The lowest BCUT2D eigenvalue weighted by molar-refractivity contribution is -0.114. The molecular weight excluding hydrogens is 392 g/mol. The normalized spacial score (nSPS) is 10.3. The van der Waals surface area contributed by atoms with Gasteiger partial charge < -0.3 is 20.9 Å². The Bertz CT molecular complexity index is 805. The van der Waals surface area contributed by atoms with Gasteiger partial charge in [0, 0.05) is 37.1 Å². The van der Waals surface area contributed by atoms with Crippen LogP contribution in [0.1, 0.15) is 33.6 Å². The van der Waals surface area contributed by atoms with Crippen molar-refractivity contribution in [3.8, 4) is 0 Å². The molecule has 2 aromatic carbocycles. The topological polar surface area (TPSA) is 56.4 Å². The third kappa shape index (κ3) is 6.69. The van der Waals surface area contributed by atoms with Crippen molar-refractivity contribution in [3.05, 3.63) is 47.5 Å². The number of nitrogens with zero attached hydrogens (tertiary/aromatic N) is 1. The summed E-state index contributed by atoms with van der Waals surface area (Å²) < 4.78 is 0. The molecule has 5 nitrogen and oxygen atoms in total. The summed E-state index contributed by atoms with van der Waals surface area (Å²) in [5.41, 5.74) is 3.44. The van der Waals surface area contributed by atoms with E-state index in [0.717, 1.165) is 48.7 Å². The molecule has 0 unspecified atom stereocenters. The number of thiocarbonyl (C=S) groups is 1. The molecule has 3 N–H and O–H groups in total. The molecule has 0 aliphatic carbocycles. The monoisotopic (exact) mass is 418 g/mol. The first-order valence-electron chi connectivity index (χ1n) is 9.43. The maximum atomic E-state index is 11.1. The zero-order valence-electron chi connectivity index (χ0n) is 16.5. The van der Waals surface area contributed by atoms with Crippen LogP contribution in [0.3, 0.4) is 0 Å². The van der Waals surface area contributed by atoms with Gasteiger partial charge in [-0.25, -0.2) is 0 Å². The number of benzene rings is 2.